The molecule has 0 bridgehead atoms. The number of carbonyl (C=O) groups is 1. The SMILES string of the molecule is CCc1cccn2nc([C@H]3c4nc[nH]c4CCN3C(=O)c3nnc(C(C)(C)F)o3)cc12. The molecule has 0 saturated carbocycles. The predicted molar refractivity (Wildman–Crippen MR) is 108 cm³/mol. The van der Waals surface area contributed by atoms with Crippen molar-refractivity contribution in [2.75, 3.05) is 6.54 Å². The summed E-state index contributed by atoms with van der Waals surface area (Å²) < 4.78 is 21.4. The topological polar surface area (TPSA) is 105 Å². The highest BCUT2D eigenvalue weighted by Gasteiger charge is 2.39. The van der Waals surface area contributed by atoms with Crippen molar-refractivity contribution < 1.29 is 13.6 Å². The zero-order valence-corrected chi connectivity index (χ0v) is 17.5. The van der Waals surface area contributed by atoms with Gasteiger partial charge in [-0.1, -0.05) is 13.0 Å². The van der Waals surface area contributed by atoms with Gasteiger partial charge in [-0.3, -0.25) is 4.79 Å². The van der Waals surface area contributed by atoms with Crippen molar-refractivity contribution in [2.24, 2.45) is 0 Å². The molecule has 1 atom stereocenters. The second-order valence-corrected chi connectivity index (χ2v) is 8.09. The summed E-state index contributed by atoms with van der Waals surface area (Å²) >= 11 is 0. The van der Waals surface area contributed by atoms with Crippen molar-refractivity contribution in [1.82, 2.24) is 34.7 Å². The highest BCUT2D eigenvalue weighted by molar-refractivity contribution is 5.90. The summed E-state index contributed by atoms with van der Waals surface area (Å²) in [6.07, 6.45) is 4.96. The molecule has 1 N–H and O–H groups in total. The number of nitrogens with one attached hydrogen (secondary N) is 1. The van der Waals surface area contributed by atoms with Crippen molar-refractivity contribution in [3.05, 3.63) is 65.1 Å². The first-order chi connectivity index (χ1) is 14.9. The smallest absolute Gasteiger partial charge is 0.312 e. The summed E-state index contributed by atoms with van der Waals surface area (Å²) in [5.41, 5.74) is 2.68. The second-order valence-electron chi connectivity index (χ2n) is 8.09. The van der Waals surface area contributed by atoms with Gasteiger partial charge in [0.25, 0.3) is 5.89 Å². The molecule has 4 aromatic heterocycles. The molecule has 5 rings (SSSR count). The van der Waals surface area contributed by atoms with Crippen LogP contribution in [0.5, 0.6) is 0 Å². The molecule has 10 heteroatoms. The van der Waals surface area contributed by atoms with Crippen molar-refractivity contribution in [1.29, 1.82) is 0 Å². The van der Waals surface area contributed by atoms with Crippen molar-refractivity contribution in [3.8, 4) is 0 Å². The monoisotopic (exact) mass is 423 g/mol. The molecule has 4 aromatic rings. The van der Waals surface area contributed by atoms with Crippen LogP contribution in [0.25, 0.3) is 5.52 Å². The number of H-pyrrole nitrogens is 1. The van der Waals surface area contributed by atoms with Crippen molar-refractivity contribution in [2.45, 2.75) is 45.3 Å². The number of amides is 1. The Morgan fingerprint density at radius 3 is 2.97 bits per heavy atom. The van der Waals surface area contributed by atoms with Crippen LogP contribution in [0.1, 0.15) is 66.0 Å². The fourth-order valence-electron chi connectivity index (χ4n) is 3.99. The Hall–Kier alpha value is -3.56. The molecule has 1 aliphatic rings. The molecule has 0 unspecified atom stereocenters. The molecule has 1 amide bonds. The van der Waals surface area contributed by atoms with Crippen molar-refractivity contribution in [3.63, 3.8) is 0 Å². The van der Waals surface area contributed by atoms with Crippen LogP contribution in [0.4, 0.5) is 4.39 Å². The number of aromatic amines is 1. The number of alkyl halides is 1. The maximum atomic E-state index is 14.2. The third-order valence-corrected chi connectivity index (χ3v) is 5.57. The van der Waals surface area contributed by atoms with Crippen LogP contribution < -0.4 is 0 Å². The zero-order valence-electron chi connectivity index (χ0n) is 17.5. The molecule has 0 aromatic carbocycles. The Bertz CT molecular complexity index is 1270. The molecule has 9 nitrogen and oxygen atoms in total. The van der Waals surface area contributed by atoms with E-state index in [0.29, 0.717) is 18.7 Å². The van der Waals surface area contributed by atoms with Gasteiger partial charge < -0.3 is 14.3 Å². The van der Waals surface area contributed by atoms with E-state index in [1.165, 1.54) is 13.8 Å². The van der Waals surface area contributed by atoms with Crippen molar-refractivity contribution >= 4 is 11.4 Å². The molecule has 31 heavy (non-hydrogen) atoms. The average Bonchev–Trinajstić information content (AvgIpc) is 3.50. The first-order valence-electron chi connectivity index (χ1n) is 10.2. The fourth-order valence-corrected chi connectivity index (χ4v) is 3.99. The van der Waals surface area contributed by atoms with E-state index in [9.17, 15) is 9.18 Å². The molecule has 1 aliphatic heterocycles. The van der Waals surface area contributed by atoms with Crippen LogP contribution in [0.3, 0.4) is 0 Å². The van der Waals surface area contributed by atoms with Gasteiger partial charge in [-0.05, 0) is 38.0 Å². The lowest BCUT2D eigenvalue weighted by atomic mass is 9.99. The lowest BCUT2D eigenvalue weighted by Crippen LogP contribution is -2.41. The highest BCUT2D eigenvalue weighted by Crippen LogP contribution is 2.35. The third-order valence-electron chi connectivity index (χ3n) is 5.57. The van der Waals surface area contributed by atoms with Crippen LogP contribution >= 0.6 is 0 Å². The van der Waals surface area contributed by atoms with Crippen LogP contribution in [0, 0.1) is 0 Å². The van der Waals surface area contributed by atoms with Gasteiger partial charge >= 0.3 is 11.8 Å². The molecule has 0 aliphatic carbocycles. The first kappa shape index (κ1) is 19.4. The molecule has 160 valence electrons. The normalized spacial score (nSPS) is 16.6. The Kier molecular flexibility index (Phi) is 4.38. The predicted octanol–water partition coefficient (Wildman–Crippen LogP) is 3.00. The lowest BCUT2D eigenvalue weighted by Gasteiger charge is -2.32. The Morgan fingerprint density at radius 1 is 1.39 bits per heavy atom. The maximum absolute atomic E-state index is 14.2. The summed E-state index contributed by atoms with van der Waals surface area (Å²) in [5, 5.41) is 12.2. The summed E-state index contributed by atoms with van der Waals surface area (Å²) in [6, 6.07) is 5.46. The highest BCUT2D eigenvalue weighted by atomic mass is 19.1. The third kappa shape index (κ3) is 3.18. The zero-order chi connectivity index (χ0) is 21.8. The van der Waals surface area contributed by atoms with Gasteiger partial charge in [0.05, 0.1) is 23.2 Å². The number of carbonyl (C=O) groups excluding carboxylic acids is 1. The van der Waals surface area contributed by atoms with Gasteiger partial charge in [-0.15, -0.1) is 10.2 Å². The van der Waals surface area contributed by atoms with Gasteiger partial charge in [0.1, 0.15) is 6.04 Å². The van der Waals surface area contributed by atoms with E-state index in [1.807, 2.05) is 22.8 Å². The minimum absolute atomic E-state index is 0.231. The van der Waals surface area contributed by atoms with Gasteiger partial charge in [0.2, 0.25) is 0 Å². The minimum Gasteiger partial charge on any atom is -0.413 e. The summed E-state index contributed by atoms with van der Waals surface area (Å²) in [6.45, 7) is 5.10. The number of aromatic nitrogens is 6. The maximum Gasteiger partial charge on any atom is 0.312 e. The average molecular weight is 423 g/mol. The molecule has 0 radical (unpaired) electrons. The number of imidazole rings is 1. The van der Waals surface area contributed by atoms with Crippen LogP contribution in [0.2, 0.25) is 0 Å². The fraction of sp³-hybridized carbons (Fsp3) is 0.381. The van der Waals surface area contributed by atoms with E-state index in [1.54, 1.807) is 11.2 Å². The number of aryl methyl sites for hydroxylation is 1. The standard InChI is InChI=1S/C21H22FN7O2/c1-4-12-6-5-8-29-15(12)10-14(27-29)17-16-13(23-11-24-16)7-9-28(17)19(30)18-25-26-20(31-18)21(2,3)22/h5-6,8,10-11,17H,4,7,9H2,1-3H3,(H,23,24)/t17-/m0/s1. The number of halogens is 1. The van der Waals surface area contributed by atoms with E-state index in [4.69, 9.17) is 9.52 Å². The molecule has 5 heterocycles. The first-order valence-corrected chi connectivity index (χ1v) is 10.2. The Balaban J connectivity index is 1.59. The number of fused-ring (bicyclic) bond motifs is 2. The molecule has 0 saturated heterocycles. The van der Waals surface area contributed by atoms with Crippen LogP contribution in [-0.4, -0.2) is 47.1 Å². The van der Waals surface area contributed by atoms with Gasteiger partial charge in [0, 0.05) is 24.9 Å². The number of hydrogen-bond donors (Lipinski definition) is 1. The van der Waals surface area contributed by atoms with Gasteiger partial charge in [0.15, 0.2) is 5.67 Å². The Morgan fingerprint density at radius 2 is 2.23 bits per heavy atom. The Labute approximate surface area is 177 Å². The van der Waals surface area contributed by atoms with E-state index in [0.717, 1.165) is 28.9 Å². The number of rotatable bonds is 4. The lowest BCUT2D eigenvalue weighted by molar-refractivity contribution is 0.0636. The molecule has 0 spiro atoms. The van der Waals surface area contributed by atoms with Crippen LogP contribution in [-0.2, 0) is 18.5 Å². The molecular formula is C21H22FN7O2. The summed E-state index contributed by atoms with van der Waals surface area (Å²) in [7, 11) is 0. The number of nitrogens with zero attached hydrogens (tertiary/aromatic N) is 6. The minimum atomic E-state index is -1.83. The second kappa shape index (κ2) is 7.00. The number of hydrogen-bond acceptors (Lipinski definition) is 6. The summed E-state index contributed by atoms with van der Waals surface area (Å²) in [4.78, 5) is 22.6. The van der Waals surface area contributed by atoms with Gasteiger partial charge in [-0.25, -0.2) is 13.9 Å². The van der Waals surface area contributed by atoms with Gasteiger partial charge in [-0.2, -0.15) is 5.10 Å². The summed E-state index contributed by atoms with van der Waals surface area (Å²) in [5.74, 6) is -0.956. The largest absolute Gasteiger partial charge is 0.413 e. The van der Waals surface area contributed by atoms with Crippen LogP contribution in [0.15, 0.2) is 35.1 Å². The number of pyridine rings is 1. The molecule has 0 fully saturated rings. The van der Waals surface area contributed by atoms with E-state index >= 15 is 0 Å². The van der Waals surface area contributed by atoms with E-state index in [-0.39, 0.29) is 11.8 Å². The van der Waals surface area contributed by atoms with E-state index < -0.39 is 17.6 Å². The molecular weight excluding hydrogens is 401 g/mol. The van der Waals surface area contributed by atoms with E-state index in [2.05, 4.69) is 33.2 Å². The quantitative estimate of drug-likeness (QED) is 0.541.